The van der Waals surface area contributed by atoms with Crippen LogP contribution in [0.5, 0.6) is 5.75 Å². The summed E-state index contributed by atoms with van der Waals surface area (Å²) in [6, 6.07) is 4.90. The van der Waals surface area contributed by atoms with E-state index in [-0.39, 0.29) is 11.3 Å². The Morgan fingerprint density at radius 2 is 2.08 bits per heavy atom. The lowest BCUT2D eigenvalue weighted by Gasteiger charge is -2.37. The summed E-state index contributed by atoms with van der Waals surface area (Å²) >= 11 is 0. The van der Waals surface area contributed by atoms with Gasteiger partial charge < -0.3 is 19.6 Å². The third kappa shape index (κ3) is 3.10. The van der Waals surface area contributed by atoms with Crippen molar-refractivity contribution in [2.45, 2.75) is 31.9 Å². The molecule has 1 aliphatic rings. The Balaban J connectivity index is 1.86. The number of halogens is 1. The number of furan rings is 1. The van der Waals surface area contributed by atoms with Crippen LogP contribution < -0.4 is 10.1 Å². The molecular formula is C17H16FNO5. The van der Waals surface area contributed by atoms with Gasteiger partial charge in [-0.15, -0.1) is 0 Å². The van der Waals surface area contributed by atoms with Crippen molar-refractivity contribution in [3.63, 3.8) is 0 Å². The highest BCUT2D eigenvalue weighted by molar-refractivity contribution is 5.95. The molecule has 0 saturated heterocycles. The maximum absolute atomic E-state index is 13.4. The molecule has 6 nitrogen and oxygen atoms in total. The van der Waals surface area contributed by atoms with E-state index in [1.807, 2.05) is 13.8 Å². The molecule has 3 rings (SSSR count). The minimum atomic E-state index is -1.18. The molecule has 1 atom stereocenters. The number of amides is 1. The van der Waals surface area contributed by atoms with E-state index in [4.69, 9.17) is 14.3 Å². The molecule has 7 heteroatoms. The van der Waals surface area contributed by atoms with E-state index in [1.54, 1.807) is 6.07 Å². The average Bonchev–Trinajstić information content (AvgIpc) is 2.95. The van der Waals surface area contributed by atoms with Crippen LogP contribution in [0.2, 0.25) is 0 Å². The van der Waals surface area contributed by atoms with Gasteiger partial charge in [-0.05, 0) is 19.9 Å². The smallest absolute Gasteiger partial charge is 0.338 e. The molecule has 0 fully saturated rings. The summed E-state index contributed by atoms with van der Waals surface area (Å²) in [7, 11) is 0. The number of rotatable bonds is 3. The normalized spacial score (nSPS) is 18.4. The third-order valence-electron chi connectivity index (χ3n) is 3.81. The molecule has 24 heavy (non-hydrogen) atoms. The summed E-state index contributed by atoms with van der Waals surface area (Å²) in [5, 5.41) is 11.7. The summed E-state index contributed by atoms with van der Waals surface area (Å²) < 4.78 is 24.2. The van der Waals surface area contributed by atoms with Crippen LogP contribution in [0.4, 0.5) is 4.39 Å². The van der Waals surface area contributed by atoms with Crippen LogP contribution in [0.1, 0.15) is 52.8 Å². The van der Waals surface area contributed by atoms with Gasteiger partial charge >= 0.3 is 5.97 Å². The van der Waals surface area contributed by atoms with Crippen molar-refractivity contribution in [2.24, 2.45) is 0 Å². The first-order valence-electron chi connectivity index (χ1n) is 7.36. The maximum Gasteiger partial charge on any atom is 0.338 e. The van der Waals surface area contributed by atoms with Crippen molar-refractivity contribution < 1.29 is 28.2 Å². The van der Waals surface area contributed by atoms with E-state index >= 15 is 0 Å². The second-order valence-electron chi connectivity index (χ2n) is 6.28. The number of hydrogen-bond acceptors (Lipinski definition) is 4. The zero-order valence-electron chi connectivity index (χ0n) is 13.1. The van der Waals surface area contributed by atoms with Crippen LogP contribution in [0.25, 0.3) is 0 Å². The highest BCUT2D eigenvalue weighted by Crippen LogP contribution is 2.39. The first-order chi connectivity index (χ1) is 11.2. The molecule has 1 aliphatic heterocycles. The molecule has 0 aliphatic carbocycles. The zero-order chi connectivity index (χ0) is 17.5. The number of carbonyl (C=O) groups excluding carboxylic acids is 1. The summed E-state index contributed by atoms with van der Waals surface area (Å²) in [6.07, 6.45) is 1.48. The Hall–Kier alpha value is -2.83. The zero-order valence-corrected chi connectivity index (χ0v) is 13.1. The van der Waals surface area contributed by atoms with Crippen LogP contribution in [0, 0.1) is 5.82 Å². The van der Waals surface area contributed by atoms with Gasteiger partial charge in [0.1, 0.15) is 23.4 Å². The fraction of sp³-hybridized carbons (Fsp3) is 0.294. The summed E-state index contributed by atoms with van der Waals surface area (Å²) in [6.45, 7) is 3.69. The molecule has 1 amide bonds. The van der Waals surface area contributed by atoms with Gasteiger partial charge in [-0.1, -0.05) is 6.07 Å². The molecule has 1 aromatic carbocycles. The van der Waals surface area contributed by atoms with Crippen LogP contribution >= 0.6 is 0 Å². The van der Waals surface area contributed by atoms with Crippen molar-refractivity contribution in [1.82, 2.24) is 5.32 Å². The number of aromatic carboxylic acids is 1. The predicted octanol–water partition coefficient (Wildman–Crippen LogP) is 3.15. The Kier molecular flexibility index (Phi) is 3.79. The van der Waals surface area contributed by atoms with E-state index < -0.39 is 29.3 Å². The molecule has 126 valence electrons. The maximum atomic E-state index is 13.4. The second kappa shape index (κ2) is 5.67. The Bertz CT molecular complexity index is 811. The topological polar surface area (TPSA) is 88.8 Å². The largest absolute Gasteiger partial charge is 0.487 e. The fourth-order valence-corrected chi connectivity index (χ4v) is 2.75. The van der Waals surface area contributed by atoms with E-state index in [9.17, 15) is 14.0 Å². The van der Waals surface area contributed by atoms with Crippen molar-refractivity contribution in [3.8, 4) is 5.75 Å². The molecule has 1 aromatic heterocycles. The van der Waals surface area contributed by atoms with E-state index in [0.717, 1.165) is 12.3 Å². The molecule has 0 saturated carbocycles. The number of nitrogens with one attached hydrogen (secondary N) is 1. The van der Waals surface area contributed by atoms with Crippen molar-refractivity contribution in [2.75, 3.05) is 0 Å². The van der Waals surface area contributed by atoms with E-state index in [0.29, 0.717) is 17.7 Å². The number of fused-ring (bicyclic) bond motifs is 1. The lowest BCUT2D eigenvalue weighted by molar-refractivity contribution is 0.0607. The number of benzene rings is 1. The van der Waals surface area contributed by atoms with Crippen LogP contribution in [0.3, 0.4) is 0 Å². The second-order valence-corrected chi connectivity index (χ2v) is 6.28. The number of ether oxygens (including phenoxy) is 1. The van der Waals surface area contributed by atoms with Gasteiger partial charge in [0.05, 0.1) is 11.6 Å². The molecule has 2 N–H and O–H groups in total. The summed E-state index contributed by atoms with van der Waals surface area (Å²) in [5.74, 6) is -1.86. The van der Waals surface area contributed by atoms with E-state index in [2.05, 4.69) is 5.32 Å². The highest BCUT2D eigenvalue weighted by Gasteiger charge is 2.35. The fourth-order valence-electron chi connectivity index (χ4n) is 2.75. The predicted molar refractivity (Wildman–Crippen MR) is 81.6 cm³/mol. The van der Waals surface area contributed by atoms with Crippen LogP contribution in [-0.4, -0.2) is 22.6 Å². The molecule has 0 radical (unpaired) electrons. The summed E-state index contributed by atoms with van der Waals surface area (Å²) in [4.78, 5) is 23.2. The average molecular weight is 333 g/mol. The van der Waals surface area contributed by atoms with Crippen LogP contribution in [0.15, 0.2) is 34.9 Å². The van der Waals surface area contributed by atoms with Crippen LogP contribution in [-0.2, 0) is 0 Å². The lowest BCUT2D eigenvalue weighted by Crippen LogP contribution is -2.41. The minimum absolute atomic E-state index is 0.0969. The Morgan fingerprint density at radius 3 is 2.75 bits per heavy atom. The van der Waals surface area contributed by atoms with Crippen molar-refractivity contribution >= 4 is 11.9 Å². The van der Waals surface area contributed by atoms with E-state index in [1.165, 1.54) is 12.1 Å². The first-order valence-corrected chi connectivity index (χ1v) is 7.36. The standard InChI is InChI=1S/C17H16FNO5/c1-17(2)7-12(11-4-3-10(18)6-13(11)24-17)19-15(20)14-5-9(8-23-14)16(21)22/h3-6,8,12H,7H2,1-2H3,(H,19,20)(H,21,22). The monoisotopic (exact) mass is 333 g/mol. The molecule has 0 bridgehead atoms. The summed E-state index contributed by atoms with van der Waals surface area (Å²) in [5.41, 5.74) is -0.0299. The lowest BCUT2D eigenvalue weighted by atomic mass is 9.89. The molecule has 2 heterocycles. The Labute approximate surface area is 137 Å². The quantitative estimate of drug-likeness (QED) is 0.901. The number of carbonyl (C=O) groups is 2. The molecule has 1 unspecified atom stereocenters. The van der Waals surface area contributed by atoms with Gasteiger partial charge in [-0.3, -0.25) is 4.79 Å². The third-order valence-corrected chi connectivity index (χ3v) is 3.81. The number of hydrogen-bond donors (Lipinski definition) is 2. The van der Waals surface area contributed by atoms with Gasteiger partial charge in [0.2, 0.25) is 0 Å². The van der Waals surface area contributed by atoms with Gasteiger partial charge in [-0.25, -0.2) is 9.18 Å². The van der Waals surface area contributed by atoms with Gasteiger partial charge in [0, 0.05) is 24.1 Å². The van der Waals surface area contributed by atoms with Crippen molar-refractivity contribution in [3.05, 3.63) is 53.2 Å². The van der Waals surface area contributed by atoms with Gasteiger partial charge in [-0.2, -0.15) is 0 Å². The highest BCUT2D eigenvalue weighted by atomic mass is 19.1. The van der Waals surface area contributed by atoms with Gasteiger partial charge in [0.25, 0.3) is 5.91 Å². The number of carboxylic acids is 1. The Morgan fingerprint density at radius 1 is 1.33 bits per heavy atom. The SMILES string of the molecule is CC1(C)CC(NC(=O)c2cc(C(=O)O)co2)c2ccc(F)cc2O1. The molecule has 2 aromatic rings. The molecule has 0 spiro atoms. The van der Waals surface area contributed by atoms with Gasteiger partial charge in [0.15, 0.2) is 5.76 Å². The minimum Gasteiger partial charge on any atom is -0.487 e. The number of carboxylic acid groups (broad SMARTS) is 1. The first kappa shape index (κ1) is 16.0. The van der Waals surface area contributed by atoms with Crippen molar-refractivity contribution in [1.29, 1.82) is 0 Å². The molecular weight excluding hydrogens is 317 g/mol.